The molecule has 1 amide bonds. The highest BCUT2D eigenvalue weighted by molar-refractivity contribution is 6.76. The summed E-state index contributed by atoms with van der Waals surface area (Å²) >= 11 is 0. The van der Waals surface area contributed by atoms with E-state index < -0.39 is 13.7 Å². The average molecular weight is 714 g/mol. The van der Waals surface area contributed by atoms with Crippen molar-refractivity contribution in [2.75, 3.05) is 61.1 Å². The first-order valence-corrected chi connectivity index (χ1v) is 21.8. The van der Waals surface area contributed by atoms with Crippen LogP contribution in [0.15, 0.2) is 49.1 Å². The minimum absolute atomic E-state index is 0.104. The number of rotatable bonds is 10. The molecule has 3 saturated heterocycles. The Labute approximate surface area is 301 Å². The van der Waals surface area contributed by atoms with Gasteiger partial charge in [0.2, 0.25) is 5.95 Å². The molecule has 2 unspecified atom stereocenters. The first-order valence-electron chi connectivity index (χ1n) is 18.1. The largest absolute Gasteiger partial charge is 0.444 e. The number of carbonyl (C=O) groups is 1. The third-order valence-corrected chi connectivity index (χ3v) is 11.4. The summed E-state index contributed by atoms with van der Waals surface area (Å²) in [5.74, 6) is 1.61. The van der Waals surface area contributed by atoms with E-state index >= 15 is 0 Å². The van der Waals surface area contributed by atoms with E-state index in [4.69, 9.17) is 34.1 Å². The van der Waals surface area contributed by atoms with Crippen LogP contribution in [0.4, 0.5) is 27.9 Å². The molecule has 3 aromatic heterocycles. The predicted octanol–water partition coefficient (Wildman–Crippen LogP) is 6.37. The number of amides is 1. The van der Waals surface area contributed by atoms with E-state index in [1.165, 1.54) is 0 Å². The van der Waals surface area contributed by atoms with Crippen LogP contribution in [0.3, 0.4) is 0 Å². The molecule has 0 spiro atoms. The van der Waals surface area contributed by atoms with Crippen LogP contribution < -0.4 is 15.1 Å². The SMILES string of the molecule is CC(C)(C)OC(=O)N1C2CCC1CN(c1ncc(Nc3ccc(-c4cc5c(N6CCOCC6)ncnc5n4COCC[Si](C)(C)C)cc3)cn1)C2. The molecule has 51 heavy (non-hydrogen) atoms. The molecule has 3 fully saturated rings. The molecule has 3 aliphatic heterocycles. The van der Waals surface area contributed by atoms with E-state index in [-0.39, 0.29) is 18.2 Å². The van der Waals surface area contributed by atoms with Gasteiger partial charge in [0.05, 0.1) is 54.5 Å². The number of fused-ring (bicyclic) bond motifs is 3. The molecular formula is C37H51N9O4Si. The Hall–Kier alpha value is -4.27. The second-order valence-electron chi connectivity index (χ2n) is 16.0. The second kappa shape index (κ2) is 14.4. The Morgan fingerprint density at radius 2 is 1.63 bits per heavy atom. The Morgan fingerprint density at radius 1 is 0.941 bits per heavy atom. The molecule has 6 heterocycles. The fourth-order valence-electron chi connectivity index (χ4n) is 7.10. The van der Waals surface area contributed by atoms with Gasteiger partial charge in [0, 0.05) is 46.5 Å². The molecule has 2 atom stereocenters. The number of hydrogen-bond acceptors (Lipinski definition) is 11. The highest BCUT2D eigenvalue weighted by atomic mass is 28.3. The zero-order chi connectivity index (χ0) is 35.8. The van der Waals surface area contributed by atoms with Crippen LogP contribution in [-0.2, 0) is 20.9 Å². The van der Waals surface area contributed by atoms with Crippen LogP contribution in [0.2, 0.25) is 25.7 Å². The molecule has 1 aromatic carbocycles. The van der Waals surface area contributed by atoms with Crippen LogP contribution in [0.25, 0.3) is 22.3 Å². The maximum absolute atomic E-state index is 12.9. The minimum atomic E-state index is -1.22. The van der Waals surface area contributed by atoms with Crippen LogP contribution in [0.5, 0.6) is 0 Å². The number of carbonyl (C=O) groups excluding carboxylic acids is 1. The lowest BCUT2D eigenvalue weighted by atomic mass is 10.1. The molecule has 4 aromatic rings. The topological polar surface area (TPSA) is 123 Å². The summed E-state index contributed by atoms with van der Waals surface area (Å²) < 4.78 is 19.7. The lowest BCUT2D eigenvalue weighted by Crippen LogP contribution is -2.57. The Bertz CT molecular complexity index is 1800. The smallest absolute Gasteiger partial charge is 0.410 e. The van der Waals surface area contributed by atoms with Gasteiger partial charge in [-0.2, -0.15) is 0 Å². The van der Waals surface area contributed by atoms with Gasteiger partial charge in [-0.25, -0.2) is 24.7 Å². The summed E-state index contributed by atoms with van der Waals surface area (Å²) in [5, 5.41) is 4.47. The molecule has 14 heteroatoms. The van der Waals surface area contributed by atoms with E-state index in [2.05, 4.69) is 69.7 Å². The summed E-state index contributed by atoms with van der Waals surface area (Å²) in [6.45, 7) is 18.3. The van der Waals surface area contributed by atoms with Gasteiger partial charge in [0.15, 0.2) is 0 Å². The van der Waals surface area contributed by atoms with Crippen molar-refractivity contribution in [1.29, 1.82) is 0 Å². The zero-order valence-electron chi connectivity index (χ0n) is 30.8. The van der Waals surface area contributed by atoms with Crippen LogP contribution >= 0.6 is 0 Å². The Balaban J connectivity index is 1.05. The molecule has 7 rings (SSSR count). The summed E-state index contributed by atoms with van der Waals surface area (Å²) in [4.78, 5) is 38.1. The van der Waals surface area contributed by atoms with E-state index in [1.54, 1.807) is 6.33 Å². The van der Waals surface area contributed by atoms with Crippen molar-refractivity contribution in [2.24, 2.45) is 0 Å². The summed E-state index contributed by atoms with van der Waals surface area (Å²) in [7, 11) is -1.22. The number of nitrogens with zero attached hydrogens (tertiary/aromatic N) is 8. The minimum Gasteiger partial charge on any atom is -0.444 e. The van der Waals surface area contributed by atoms with Gasteiger partial charge < -0.3 is 33.9 Å². The molecule has 0 radical (unpaired) electrons. The number of aromatic nitrogens is 5. The summed E-state index contributed by atoms with van der Waals surface area (Å²) in [6, 6.07) is 11.9. The maximum atomic E-state index is 12.9. The lowest BCUT2D eigenvalue weighted by molar-refractivity contribution is 0.0122. The van der Waals surface area contributed by atoms with Crippen LogP contribution in [0, 0.1) is 0 Å². The van der Waals surface area contributed by atoms with E-state index in [1.807, 2.05) is 38.1 Å². The Kier molecular flexibility index (Phi) is 9.92. The highest BCUT2D eigenvalue weighted by Crippen LogP contribution is 2.35. The van der Waals surface area contributed by atoms with Gasteiger partial charge in [-0.05, 0) is 63.4 Å². The first-order chi connectivity index (χ1) is 24.4. The van der Waals surface area contributed by atoms with Gasteiger partial charge in [0.1, 0.15) is 30.1 Å². The highest BCUT2D eigenvalue weighted by Gasteiger charge is 2.44. The lowest BCUT2D eigenvalue weighted by Gasteiger charge is -2.41. The molecule has 3 aliphatic rings. The van der Waals surface area contributed by atoms with Crippen molar-refractivity contribution in [3.63, 3.8) is 0 Å². The van der Waals surface area contributed by atoms with E-state index in [0.29, 0.717) is 39.0 Å². The average Bonchev–Trinajstić information content (AvgIpc) is 3.60. The molecular weight excluding hydrogens is 663 g/mol. The van der Waals surface area contributed by atoms with Crippen molar-refractivity contribution < 1.29 is 19.0 Å². The molecule has 1 N–H and O–H groups in total. The number of piperazine rings is 1. The predicted molar refractivity (Wildman–Crippen MR) is 203 cm³/mol. The van der Waals surface area contributed by atoms with Gasteiger partial charge in [0.25, 0.3) is 0 Å². The number of nitrogens with one attached hydrogen (secondary N) is 1. The van der Waals surface area contributed by atoms with Crippen LogP contribution in [-0.4, -0.2) is 107 Å². The maximum Gasteiger partial charge on any atom is 0.410 e. The second-order valence-corrected chi connectivity index (χ2v) is 21.6. The standard InChI is InChI=1S/C37H51N9O4Si/c1-37(2,3)50-36(47)46-29-11-12-30(46)23-44(22-29)35-38-20-28(21-39-35)42-27-9-7-26(8-10-27)32-19-31-33(43-13-15-48-16-14-43)40-24-41-34(31)45(32)25-49-17-18-51(4,5)6/h7-10,19-21,24,29-30,42H,11-18,22-23,25H2,1-6H3. The molecule has 0 saturated carbocycles. The van der Waals surface area contributed by atoms with Gasteiger partial charge >= 0.3 is 6.09 Å². The molecule has 2 bridgehead atoms. The number of hydrogen-bond donors (Lipinski definition) is 1. The third kappa shape index (κ3) is 8.13. The monoisotopic (exact) mass is 713 g/mol. The number of anilines is 4. The van der Waals surface area contributed by atoms with Crippen LogP contribution in [0.1, 0.15) is 33.6 Å². The number of benzene rings is 1. The third-order valence-electron chi connectivity index (χ3n) is 9.67. The number of ether oxygens (including phenoxy) is 3. The van der Waals surface area contributed by atoms with Gasteiger partial charge in [-0.15, -0.1) is 0 Å². The van der Waals surface area contributed by atoms with Crippen molar-refractivity contribution >= 4 is 48.3 Å². The summed E-state index contributed by atoms with van der Waals surface area (Å²) in [5.41, 5.74) is 4.19. The summed E-state index contributed by atoms with van der Waals surface area (Å²) in [6.07, 6.45) is 7.00. The fraction of sp³-hybridized carbons (Fsp3) is 0.541. The van der Waals surface area contributed by atoms with Crippen molar-refractivity contribution in [2.45, 2.75) is 83.7 Å². The zero-order valence-corrected chi connectivity index (χ0v) is 31.8. The number of morpholine rings is 1. The first kappa shape index (κ1) is 35.1. The van der Waals surface area contributed by atoms with Crippen molar-refractivity contribution in [3.8, 4) is 11.3 Å². The molecule has 0 aliphatic carbocycles. The van der Waals surface area contributed by atoms with Crippen molar-refractivity contribution in [3.05, 3.63) is 49.1 Å². The normalized spacial score (nSPS) is 19.5. The fourth-order valence-corrected chi connectivity index (χ4v) is 7.86. The van der Waals surface area contributed by atoms with E-state index in [0.717, 1.165) is 78.1 Å². The van der Waals surface area contributed by atoms with Gasteiger partial charge in [-0.3, -0.25) is 4.90 Å². The van der Waals surface area contributed by atoms with Crippen molar-refractivity contribution in [1.82, 2.24) is 29.4 Å². The molecule has 272 valence electrons. The van der Waals surface area contributed by atoms with Gasteiger partial charge in [-0.1, -0.05) is 31.8 Å². The quantitative estimate of drug-likeness (QED) is 0.146. The molecule has 13 nitrogen and oxygen atoms in total. The van der Waals surface area contributed by atoms with E-state index in [9.17, 15) is 4.79 Å². The Morgan fingerprint density at radius 3 is 2.27 bits per heavy atom.